The average Bonchev–Trinajstić information content (AvgIpc) is 3.67. The van der Waals surface area contributed by atoms with Gasteiger partial charge >= 0.3 is 0 Å². The molecule has 13 heteroatoms. The van der Waals surface area contributed by atoms with Gasteiger partial charge in [0.05, 0.1) is 28.9 Å². The van der Waals surface area contributed by atoms with Crippen LogP contribution in [0.2, 0.25) is 0 Å². The number of hydrogen-bond donors (Lipinski definition) is 4. The highest BCUT2D eigenvalue weighted by molar-refractivity contribution is 6.03. The lowest BCUT2D eigenvalue weighted by Crippen LogP contribution is -2.19. The molecule has 0 aliphatic carbocycles. The highest BCUT2D eigenvalue weighted by Gasteiger charge is 2.19. The zero-order valence-corrected chi connectivity index (χ0v) is 25.3. The van der Waals surface area contributed by atoms with E-state index in [-0.39, 0.29) is 12.5 Å². The molecule has 5 rings (SSSR count). The number of nitrogens with one attached hydrogen (secondary N) is 2. The second kappa shape index (κ2) is 13.0. The summed E-state index contributed by atoms with van der Waals surface area (Å²) < 4.78 is 11.6. The van der Waals surface area contributed by atoms with Crippen molar-refractivity contribution in [2.45, 2.75) is 46.8 Å². The van der Waals surface area contributed by atoms with Crippen molar-refractivity contribution in [2.24, 2.45) is 5.73 Å². The Morgan fingerprint density at radius 1 is 1.02 bits per heavy atom. The molecule has 44 heavy (non-hydrogen) atoms. The van der Waals surface area contributed by atoms with Crippen molar-refractivity contribution in [3.05, 3.63) is 71.1 Å². The summed E-state index contributed by atoms with van der Waals surface area (Å²) in [5, 5.41) is 19.7. The number of aryl methyl sites for hydroxylation is 3. The summed E-state index contributed by atoms with van der Waals surface area (Å²) >= 11 is 0. The number of aliphatic hydroxyl groups is 1. The minimum atomic E-state index is -0.558. The number of rotatable bonds is 13. The number of aromatic nitrogens is 6. The number of aliphatic hydroxyl groups excluding tert-OH is 1. The fourth-order valence-electron chi connectivity index (χ4n) is 5.15. The Labute approximate surface area is 254 Å². The Hall–Kier alpha value is -5.17. The molecule has 2 aromatic carbocycles. The maximum atomic E-state index is 13.3. The van der Waals surface area contributed by atoms with Gasteiger partial charge in [-0.05, 0) is 62.7 Å². The van der Waals surface area contributed by atoms with Crippen molar-refractivity contribution in [3.63, 3.8) is 0 Å². The van der Waals surface area contributed by atoms with Crippen LogP contribution < -0.4 is 21.1 Å². The minimum Gasteiger partial charge on any atom is -0.491 e. The molecule has 3 heterocycles. The number of benzene rings is 2. The molecule has 0 unspecified atom stereocenters. The van der Waals surface area contributed by atoms with Crippen LogP contribution in [-0.2, 0) is 19.6 Å². The normalized spacial score (nSPS) is 11.6. The number of primary amides is 1. The zero-order valence-electron chi connectivity index (χ0n) is 25.3. The van der Waals surface area contributed by atoms with Gasteiger partial charge < -0.3 is 30.0 Å². The first-order valence-electron chi connectivity index (χ1n) is 14.5. The van der Waals surface area contributed by atoms with Crippen molar-refractivity contribution in [3.8, 4) is 5.75 Å². The molecular formula is C31H37N9O4. The summed E-state index contributed by atoms with van der Waals surface area (Å²) in [6.07, 6.45) is 4.51. The number of allylic oxidation sites excluding steroid dienone is 2. The van der Waals surface area contributed by atoms with Crippen LogP contribution in [0.15, 0.2) is 48.6 Å². The van der Waals surface area contributed by atoms with Gasteiger partial charge in [0.25, 0.3) is 5.91 Å². The van der Waals surface area contributed by atoms with E-state index in [0.717, 1.165) is 27.8 Å². The van der Waals surface area contributed by atoms with Crippen LogP contribution in [0.5, 0.6) is 5.75 Å². The molecule has 2 amide bonds. The maximum Gasteiger partial charge on any atom is 0.276 e. The molecular weight excluding hydrogens is 562 g/mol. The van der Waals surface area contributed by atoms with Crippen molar-refractivity contribution in [2.75, 3.05) is 30.9 Å². The SMILES string of the molecule is CCn1nc(C)cc1C(=O)Nc1nc2cc(C(N)=O)ccc2n1C/C=C/Cn1c(NC)nc2cc(C)cc(OCCCO)c21. The summed E-state index contributed by atoms with van der Waals surface area (Å²) in [4.78, 5) is 34.5. The van der Waals surface area contributed by atoms with E-state index in [4.69, 9.17) is 15.5 Å². The van der Waals surface area contributed by atoms with Gasteiger partial charge in [-0.3, -0.25) is 19.6 Å². The van der Waals surface area contributed by atoms with Gasteiger partial charge in [0.15, 0.2) is 0 Å². The predicted molar refractivity (Wildman–Crippen MR) is 169 cm³/mol. The van der Waals surface area contributed by atoms with Crippen LogP contribution in [0.3, 0.4) is 0 Å². The number of amides is 2. The van der Waals surface area contributed by atoms with Gasteiger partial charge in [-0.2, -0.15) is 5.10 Å². The third-order valence-electron chi connectivity index (χ3n) is 7.17. The molecule has 0 spiro atoms. The molecule has 0 saturated heterocycles. The Bertz CT molecular complexity index is 1870. The van der Waals surface area contributed by atoms with Crippen molar-refractivity contribution < 1.29 is 19.4 Å². The van der Waals surface area contributed by atoms with E-state index < -0.39 is 5.91 Å². The van der Waals surface area contributed by atoms with Crippen LogP contribution >= 0.6 is 0 Å². The summed E-state index contributed by atoms with van der Waals surface area (Å²) in [6, 6.07) is 10.7. The smallest absolute Gasteiger partial charge is 0.276 e. The van der Waals surface area contributed by atoms with E-state index in [9.17, 15) is 14.7 Å². The first kappa shape index (κ1) is 30.3. The zero-order chi connectivity index (χ0) is 31.4. The quantitative estimate of drug-likeness (QED) is 0.118. The van der Waals surface area contributed by atoms with Gasteiger partial charge in [-0.25, -0.2) is 9.97 Å². The fraction of sp³-hybridized carbons (Fsp3) is 0.323. The highest BCUT2D eigenvalue weighted by Crippen LogP contribution is 2.31. The van der Waals surface area contributed by atoms with Gasteiger partial charge in [-0.1, -0.05) is 12.2 Å². The summed E-state index contributed by atoms with van der Waals surface area (Å²) in [7, 11) is 1.82. The molecule has 3 aromatic heterocycles. The van der Waals surface area contributed by atoms with E-state index in [1.807, 2.05) is 61.2 Å². The molecule has 0 saturated carbocycles. The Morgan fingerprint density at radius 2 is 1.77 bits per heavy atom. The average molecular weight is 600 g/mol. The van der Waals surface area contributed by atoms with Crippen molar-refractivity contribution in [1.29, 1.82) is 0 Å². The molecule has 0 aliphatic heterocycles. The molecule has 230 valence electrons. The molecule has 0 atom stereocenters. The molecule has 5 N–H and O–H groups in total. The van der Waals surface area contributed by atoms with Crippen LogP contribution in [0.4, 0.5) is 11.9 Å². The van der Waals surface area contributed by atoms with Crippen LogP contribution in [-0.4, -0.2) is 66.1 Å². The summed E-state index contributed by atoms with van der Waals surface area (Å²) in [6.45, 7) is 7.61. The first-order chi connectivity index (χ1) is 21.2. The number of carbonyl (C=O) groups excluding carboxylic acids is 2. The van der Waals surface area contributed by atoms with Gasteiger partial charge in [-0.15, -0.1) is 0 Å². The van der Waals surface area contributed by atoms with Gasteiger partial charge in [0.2, 0.25) is 17.8 Å². The minimum absolute atomic E-state index is 0.0514. The number of fused-ring (bicyclic) bond motifs is 2. The Balaban J connectivity index is 1.46. The third-order valence-corrected chi connectivity index (χ3v) is 7.17. The number of hydrogen-bond acceptors (Lipinski definition) is 8. The highest BCUT2D eigenvalue weighted by atomic mass is 16.5. The topological polar surface area (TPSA) is 167 Å². The van der Waals surface area contributed by atoms with E-state index >= 15 is 0 Å². The number of imidazole rings is 2. The number of carbonyl (C=O) groups is 2. The number of nitrogens with zero attached hydrogens (tertiary/aromatic N) is 6. The lowest BCUT2D eigenvalue weighted by molar-refractivity contribution is 0.0996. The molecule has 0 aliphatic rings. The van der Waals surface area contributed by atoms with Crippen molar-refractivity contribution in [1.82, 2.24) is 28.9 Å². The van der Waals surface area contributed by atoms with E-state index in [1.165, 1.54) is 0 Å². The van der Waals surface area contributed by atoms with Crippen molar-refractivity contribution >= 4 is 45.8 Å². The largest absolute Gasteiger partial charge is 0.491 e. The molecule has 0 fully saturated rings. The second-order valence-corrected chi connectivity index (χ2v) is 10.4. The standard InChI is InChI=1S/C31H37N9O4/c1-5-40-25(17-20(3)37-40)29(43)36-31-34-22-18-21(28(32)42)9-10-24(22)38(31)11-6-7-12-39-27-23(35-30(39)33-4)15-19(2)16-26(27)44-14-8-13-41/h6-7,9-10,15-18,41H,5,8,11-14H2,1-4H3,(H2,32,42)(H,33,35)(H,34,36,43)/b7-6+. The van der Waals surface area contributed by atoms with Crippen LogP contribution in [0, 0.1) is 13.8 Å². The van der Waals surface area contributed by atoms with Crippen LogP contribution in [0.25, 0.3) is 22.1 Å². The molecule has 0 radical (unpaired) electrons. The predicted octanol–water partition coefficient (Wildman–Crippen LogP) is 3.63. The van der Waals surface area contributed by atoms with Gasteiger partial charge in [0, 0.05) is 45.3 Å². The molecule has 13 nitrogen and oxygen atoms in total. The number of nitrogens with two attached hydrogens (primary N) is 1. The number of anilines is 2. The second-order valence-electron chi connectivity index (χ2n) is 10.4. The van der Waals surface area contributed by atoms with Crippen LogP contribution in [0.1, 0.15) is 45.4 Å². The Kier molecular flexibility index (Phi) is 8.95. The van der Waals surface area contributed by atoms with Gasteiger partial charge in [0.1, 0.15) is 17.0 Å². The van der Waals surface area contributed by atoms with E-state index in [1.54, 1.807) is 28.9 Å². The number of ether oxygens (including phenoxy) is 1. The monoisotopic (exact) mass is 599 g/mol. The van der Waals surface area contributed by atoms with E-state index in [0.29, 0.717) is 67.1 Å². The third kappa shape index (κ3) is 6.13. The lowest BCUT2D eigenvalue weighted by Gasteiger charge is -2.12. The molecule has 0 bridgehead atoms. The molecule has 5 aromatic rings. The van der Waals surface area contributed by atoms with E-state index in [2.05, 4.69) is 20.7 Å². The summed E-state index contributed by atoms with van der Waals surface area (Å²) in [5.74, 6) is 0.822. The maximum absolute atomic E-state index is 13.3. The lowest BCUT2D eigenvalue weighted by atomic mass is 10.2. The summed E-state index contributed by atoms with van der Waals surface area (Å²) in [5.41, 5.74) is 10.9. The fourth-order valence-corrected chi connectivity index (χ4v) is 5.15. The Morgan fingerprint density at radius 3 is 2.48 bits per heavy atom. The first-order valence-corrected chi connectivity index (χ1v) is 14.5.